The first-order chi connectivity index (χ1) is 9.63. The van der Waals surface area contributed by atoms with E-state index in [0.717, 1.165) is 13.2 Å². The molecule has 1 amide bonds. The molecule has 124 valence electrons. The van der Waals surface area contributed by atoms with E-state index in [0.29, 0.717) is 12.1 Å². The van der Waals surface area contributed by atoms with Crippen molar-refractivity contribution in [2.75, 3.05) is 13.7 Å². The van der Waals surface area contributed by atoms with Gasteiger partial charge >= 0.3 is 18.2 Å². The molecule has 0 aromatic heterocycles. The van der Waals surface area contributed by atoms with Gasteiger partial charge < -0.3 is 14.8 Å². The molecule has 1 N–H and O–H groups in total. The van der Waals surface area contributed by atoms with Crippen LogP contribution in [-0.4, -0.2) is 25.7 Å². The number of benzene rings is 1. The Labute approximate surface area is 128 Å². The van der Waals surface area contributed by atoms with Crippen LogP contribution in [0.4, 0.5) is 26.7 Å². The number of rotatable bonds is 2. The maximum absolute atomic E-state index is 13.7. The summed E-state index contributed by atoms with van der Waals surface area (Å²) >= 11 is 0. The molecule has 1 heterocycles. The molecule has 0 bridgehead atoms. The molecule has 0 radical (unpaired) electrons. The number of alkyl halides is 5. The van der Waals surface area contributed by atoms with Crippen LogP contribution < -0.4 is 10.1 Å². The van der Waals surface area contributed by atoms with Crippen molar-refractivity contribution in [2.45, 2.75) is 18.1 Å². The van der Waals surface area contributed by atoms with Crippen LogP contribution >= 0.6 is 12.4 Å². The summed E-state index contributed by atoms with van der Waals surface area (Å²) < 4.78 is 74.6. The summed E-state index contributed by atoms with van der Waals surface area (Å²) in [6, 6.07) is 0.324. The molecule has 4 nitrogen and oxygen atoms in total. The van der Waals surface area contributed by atoms with Gasteiger partial charge in [0, 0.05) is 0 Å². The lowest BCUT2D eigenvalue weighted by atomic mass is 9.97. The monoisotopic (exact) mass is 347 g/mol. The molecule has 1 aromatic rings. The molecule has 1 atom stereocenters. The lowest BCUT2D eigenvalue weighted by Crippen LogP contribution is -2.49. The van der Waals surface area contributed by atoms with Crippen LogP contribution in [0.1, 0.15) is 17.2 Å². The fourth-order valence-corrected chi connectivity index (χ4v) is 1.91. The molecular weight excluding hydrogens is 337 g/mol. The average Bonchev–Trinajstić information content (AvgIpc) is 2.40. The Bertz CT molecular complexity index is 564. The molecule has 10 heteroatoms. The topological polar surface area (TPSA) is 47.6 Å². The number of methoxy groups -OCH3 is 1. The van der Waals surface area contributed by atoms with Gasteiger partial charge in [-0.2, -0.15) is 13.2 Å². The van der Waals surface area contributed by atoms with E-state index in [1.165, 1.54) is 0 Å². The van der Waals surface area contributed by atoms with Gasteiger partial charge in [0.15, 0.2) is 6.61 Å². The van der Waals surface area contributed by atoms with E-state index in [1.807, 2.05) is 5.32 Å². The van der Waals surface area contributed by atoms with Crippen molar-refractivity contribution >= 4 is 18.5 Å². The second-order valence-corrected chi connectivity index (χ2v) is 4.41. The third kappa shape index (κ3) is 3.70. The Balaban J connectivity index is 0.00000242. The number of alkyl carbamates (subject to hydrolysis) is 1. The zero-order valence-electron chi connectivity index (χ0n) is 11.0. The lowest BCUT2D eigenvalue weighted by molar-refractivity contribution is -0.138. The van der Waals surface area contributed by atoms with Gasteiger partial charge in [0.25, 0.3) is 0 Å². The van der Waals surface area contributed by atoms with E-state index in [1.54, 1.807) is 0 Å². The van der Waals surface area contributed by atoms with Gasteiger partial charge in [0.1, 0.15) is 11.8 Å². The zero-order chi connectivity index (χ0) is 15.8. The minimum atomic E-state index is -4.73. The summed E-state index contributed by atoms with van der Waals surface area (Å²) in [5.74, 6) is -3.78. The maximum Gasteiger partial charge on any atom is 0.416 e. The molecule has 1 aliphatic rings. The maximum atomic E-state index is 13.7. The third-order valence-electron chi connectivity index (χ3n) is 2.91. The quantitative estimate of drug-likeness (QED) is 0.832. The van der Waals surface area contributed by atoms with Crippen molar-refractivity contribution in [3.8, 4) is 5.75 Å². The molecule has 1 aromatic carbocycles. The van der Waals surface area contributed by atoms with Gasteiger partial charge in [-0.05, 0) is 23.8 Å². The predicted octanol–water partition coefficient (Wildman–Crippen LogP) is 3.55. The Morgan fingerprint density at radius 2 is 1.95 bits per heavy atom. The summed E-state index contributed by atoms with van der Waals surface area (Å²) in [5, 5.41) is 1.82. The number of carbonyl (C=O) groups excluding carboxylic acids is 1. The largest absolute Gasteiger partial charge is 0.497 e. The van der Waals surface area contributed by atoms with Gasteiger partial charge in [0.2, 0.25) is 0 Å². The molecule has 0 unspecified atom stereocenters. The number of hydrogen-bond donors (Lipinski definition) is 1. The Morgan fingerprint density at radius 1 is 1.32 bits per heavy atom. The van der Waals surface area contributed by atoms with E-state index < -0.39 is 42.0 Å². The van der Waals surface area contributed by atoms with Crippen molar-refractivity contribution in [3.63, 3.8) is 0 Å². The zero-order valence-corrected chi connectivity index (χ0v) is 11.9. The van der Waals surface area contributed by atoms with Crippen molar-refractivity contribution in [1.29, 1.82) is 0 Å². The average molecular weight is 348 g/mol. The highest BCUT2D eigenvalue weighted by Crippen LogP contribution is 2.39. The minimum absolute atomic E-state index is 0. The van der Waals surface area contributed by atoms with Gasteiger partial charge in [-0.1, -0.05) is 0 Å². The van der Waals surface area contributed by atoms with Crippen LogP contribution in [0.2, 0.25) is 0 Å². The van der Waals surface area contributed by atoms with Crippen LogP contribution in [0.25, 0.3) is 0 Å². The predicted molar refractivity (Wildman–Crippen MR) is 67.4 cm³/mol. The second-order valence-electron chi connectivity index (χ2n) is 4.41. The number of carbonyl (C=O) groups is 1. The Hall–Kier alpha value is -1.77. The summed E-state index contributed by atoms with van der Waals surface area (Å²) in [5.41, 5.74) is -1.56. The number of hydrogen-bond acceptors (Lipinski definition) is 3. The van der Waals surface area contributed by atoms with Crippen molar-refractivity contribution in [2.24, 2.45) is 0 Å². The number of ether oxygens (including phenoxy) is 2. The molecule has 1 fully saturated rings. The van der Waals surface area contributed by atoms with Crippen molar-refractivity contribution in [1.82, 2.24) is 5.32 Å². The Kier molecular flexibility index (Phi) is 5.11. The smallest absolute Gasteiger partial charge is 0.416 e. The number of nitrogens with one attached hydrogen (secondary N) is 1. The highest BCUT2D eigenvalue weighted by Gasteiger charge is 2.47. The van der Waals surface area contributed by atoms with E-state index in [2.05, 4.69) is 9.47 Å². The van der Waals surface area contributed by atoms with E-state index in [4.69, 9.17) is 0 Å². The van der Waals surface area contributed by atoms with E-state index in [-0.39, 0.29) is 18.2 Å². The number of cyclic esters (lactones) is 1. The normalized spacial score (nSPS) is 20.5. The highest BCUT2D eigenvalue weighted by molar-refractivity contribution is 5.85. The van der Waals surface area contributed by atoms with Crippen LogP contribution in [0, 0.1) is 0 Å². The number of halogens is 6. The first-order valence-electron chi connectivity index (χ1n) is 5.71. The summed E-state index contributed by atoms with van der Waals surface area (Å²) in [7, 11) is 1.11. The summed E-state index contributed by atoms with van der Waals surface area (Å²) in [6.07, 6.45) is -5.85. The molecule has 1 aliphatic heterocycles. The molecule has 0 spiro atoms. The number of amides is 1. The van der Waals surface area contributed by atoms with Crippen LogP contribution in [-0.2, 0) is 10.9 Å². The first-order valence-corrected chi connectivity index (χ1v) is 5.71. The van der Waals surface area contributed by atoms with Gasteiger partial charge in [-0.3, -0.25) is 0 Å². The fraction of sp³-hybridized carbons (Fsp3) is 0.417. The van der Waals surface area contributed by atoms with Crippen molar-refractivity contribution in [3.05, 3.63) is 29.3 Å². The first kappa shape index (κ1) is 18.3. The standard InChI is InChI=1S/C12H10F5NO3.ClH/c1-20-8-3-6(2-7(4-8)12(15,16)17)9-11(13,14)5-21-10(19)18-9;/h2-4,9H,5H2,1H3,(H,18,19);1H/t9-;/m1./s1. The summed E-state index contributed by atoms with van der Waals surface area (Å²) in [4.78, 5) is 11.1. The van der Waals surface area contributed by atoms with Crippen molar-refractivity contribution < 1.29 is 36.2 Å². The van der Waals surface area contributed by atoms with Gasteiger partial charge in [-0.15, -0.1) is 12.4 Å². The van der Waals surface area contributed by atoms with E-state index in [9.17, 15) is 26.7 Å². The highest BCUT2D eigenvalue weighted by atomic mass is 35.5. The van der Waals surface area contributed by atoms with E-state index >= 15 is 0 Å². The second kappa shape index (κ2) is 6.15. The van der Waals surface area contributed by atoms with Gasteiger partial charge in [0.05, 0.1) is 12.7 Å². The lowest BCUT2D eigenvalue weighted by Gasteiger charge is -2.32. The van der Waals surface area contributed by atoms with Gasteiger partial charge in [-0.25, -0.2) is 13.6 Å². The van der Waals surface area contributed by atoms with Crippen LogP contribution in [0.3, 0.4) is 0 Å². The SMILES string of the molecule is COc1cc([C@H]2NC(=O)OCC2(F)F)cc(C(F)(F)F)c1.Cl. The molecule has 0 saturated carbocycles. The molecule has 22 heavy (non-hydrogen) atoms. The molecule has 2 rings (SSSR count). The molecular formula is C12H11ClF5NO3. The molecule has 0 aliphatic carbocycles. The summed E-state index contributed by atoms with van der Waals surface area (Å²) in [6.45, 7) is -1.21. The van der Waals surface area contributed by atoms with Crippen LogP contribution in [0.5, 0.6) is 5.75 Å². The fourth-order valence-electron chi connectivity index (χ4n) is 1.91. The minimum Gasteiger partial charge on any atom is -0.497 e. The third-order valence-corrected chi connectivity index (χ3v) is 2.91. The Morgan fingerprint density at radius 3 is 2.50 bits per heavy atom. The van der Waals surface area contributed by atoms with Crippen LogP contribution in [0.15, 0.2) is 18.2 Å². The molecule has 1 saturated heterocycles.